The first-order chi connectivity index (χ1) is 7.22. The van der Waals surface area contributed by atoms with Crippen LogP contribution in [0.4, 0.5) is 0 Å². The van der Waals surface area contributed by atoms with Crippen LogP contribution in [0.3, 0.4) is 0 Å². The summed E-state index contributed by atoms with van der Waals surface area (Å²) in [5.74, 6) is -0.484. The molecule has 1 fully saturated rings. The first kappa shape index (κ1) is 12.4. The first-order valence-corrected chi connectivity index (χ1v) is 5.19. The Morgan fingerprint density at radius 1 is 1.73 bits per heavy atom. The molecule has 0 spiro atoms. The molecule has 0 aromatic rings. The molecule has 0 radical (unpaired) electrons. The average molecular weight is 217 g/mol. The minimum atomic E-state index is -0.484. The van der Waals surface area contributed by atoms with E-state index < -0.39 is 5.91 Å². The molecular weight excluding hydrogens is 198 g/mol. The quantitative estimate of drug-likeness (QED) is 0.428. The number of carbonyl (C=O) groups excluding carboxylic acids is 1. The van der Waals surface area contributed by atoms with E-state index in [1.165, 1.54) is 0 Å². The van der Waals surface area contributed by atoms with Gasteiger partial charge in [0.2, 0.25) is 5.91 Å². The second-order valence-corrected chi connectivity index (χ2v) is 3.49. The standard InChI is InChI=1S/C9H19N3O3/c1-2-12-3-4-14-8(6-12)5-11-15-7-9(10)13/h8,11H,2-7H2,1H3,(H2,10,13). The van der Waals surface area contributed by atoms with Gasteiger partial charge in [0, 0.05) is 19.6 Å². The molecule has 15 heavy (non-hydrogen) atoms. The van der Waals surface area contributed by atoms with Crippen LogP contribution in [0.15, 0.2) is 0 Å². The van der Waals surface area contributed by atoms with Crippen LogP contribution in [0.5, 0.6) is 0 Å². The third-order valence-corrected chi connectivity index (χ3v) is 2.30. The first-order valence-electron chi connectivity index (χ1n) is 5.19. The normalized spacial score (nSPS) is 22.9. The summed E-state index contributed by atoms with van der Waals surface area (Å²) in [5, 5.41) is 0. The van der Waals surface area contributed by atoms with Gasteiger partial charge in [0.05, 0.1) is 12.7 Å². The molecule has 0 aromatic carbocycles. The molecule has 6 nitrogen and oxygen atoms in total. The van der Waals surface area contributed by atoms with Crippen LogP contribution in [0.2, 0.25) is 0 Å². The summed E-state index contributed by atoms with van der Waals surface area (Å²) in [4.78, 5) is 17.5. The number of nitrogens with one attached hydrogen (secondary N) is 1. The fourth-order valence-corrected chi connectivity index (χ4v) is 1.47. The van der Waals surface area contributed by atoms with Gasteiger partial charge in [0.1, 0.15) is 6.61 Å². The number of morpholine rings is 1. The predicted octanol–water partition coefficient (Wildman–Crippen LogP) is -1.29. The Hall–Kier alpha value is -0.690. The van der Waals surface area contributed by atoms with Crippen LogP contribution in [0, 0.1) is 0 Å². The molecular formula is C9H19N3O3. The lowest BCUT2D eigenvalue weighted by atomic mass is 10.3. The van der Waals surface area contributed by atoms with Crippen molar-refractivity contribution in [2.24, 2.45) is 5.73 Å². The molecule has 6 heteroatoms. The highest BCUT2D eigenvalue weighted by Crippen LogP contribution is 2.03. The van der Waals surface area contributed by atoms with Crippen LogP contribution in [0.1, 0.15) is 6.92 Å². The zero-order valence-electron chi connectivity index (χ0n) is 9.07. The van der Waals surface area contributed by atoms with Crippen molar-refractivity contribution >= 4 is 5.91 Å². The van der Waals surface area contributed by atoms with E-state index >= 15 is 0 Å². The number of hydroxylamine groups is 1. The summed E-state index contributed by atoms with van der Waals surface area (Å²) in [6.07, 6.45) is 0.117. The molecule has 0 saturated carbocycles. The lowest BCUT2D eigenvalue weighted by molar-refractivity contribution is -0.126. The lowest BCUT2D eigenvalue weighted by Crippen LogP contribution is -2.46. The fraction of sp³-hybridized carbons (Fsp3) is 0.889. The van der Waals surface area contributed by atoms with Gasteiger partial charge in [-0.1, -0.05) is 6.92 Å². The number of carbonyl (C=O) groups is 1. The highest BCUT2D eigenvalue weighted by molar-refractivity contribution is 5.74. The average Bonchev–Trinajstić information content (AvgIpc) is 2.24. The highest BCUT2D eigenvalue weighted by atomic mass is 16.6. The van der Waals surface area contributed by atoms with Crippen molar-refractivity contribution in [1.29, 1.82) is 0 Å². The molecule has 1 heterocycles. The van der Waals surface area contributed by atoms with Crippen LogP contribution >= 0.6 is 0 Å². The molecule has 1 atom stereocenters. The number of nitrogens with two attached hydrogens (primary N) is 1. The van der Waals surface area contributed by atoms with Crippen LogP contribution in [0.25, 0.3) is 0 Å². The van der Waals surface area contributed by atoms with Crippen molar-refractivity contribution in [3.8, 4) is 0 Å². The minimum Gasteiger partial charge on any atom is -0.374 e. The monoisotopic (exact) mass is 217 g/mol. The maximum Gasteiger partial charge on any atom is 0.245 e. The highest BCUT2D eigenvalue weighted by Gasteiger charge is 2.18. The second kappa shape index (κ2) is 6.73. The van der Waals surface area contributed by atoms with Crippen molar-refractivity contribution in [2.75, 3.05) is 39.4 Å². The van der Waals surface area contributed by atoms with Crippen molar-refractivity contribution in [3.05, 3.63) is 0 Å². The third kappa shape index (κ3) is 5.08. The number of ether oxygens (including phenoxy) is 1. The molecule has 1 rings (SSSR count). The molecule has 0 aliphatic carbocycles. The molecule has 0 bridgehead atoms. The van der Waals surface area contributed by atoms with Gasteiger partial charge in [-0.3, -0.25) is 14.5 Å². The van der Waals surface area contributed by atoms with E-state index in [9.17, 15) is 4.79 Å². The Morgan fingerprint density at radius 3 is 3.20 bits per heavy atom. The summed E-state index contributed by atoms with van der Waals surface area (Å²) in [6, 6.07) is 0. The fourth-order valence-electron chi connectivity index (χ4n) is 1.47. The SMILES string of the molecule is CCN1CCOC(CNOCC(N)=O)C1. The zero-order chi connectivity index (χ0) is 11.1. The molecule has 1 unspecified atom stereocenters. The number of hydrogen-bond donors (Lipinski definition) is 2. The van der Waals surface area contributed by atoms with E-state index in [-0.39, 0.29) is 12.7 Å². The van der Waals surface area contributed by atoms with E-state index in [2.05, 4.69) is 17.3 Å². The van der Waals surface area contributed by atoms with Crippen LogP contribution in [-0.4, -0.2) is 56.3 Å². The van der Waals surface area contributed by atoms with Crippen LogP contribution < -0.4 is 11.2 Å². The number of nitrogens with zero attached hydrogens (tertiary/aromatic N) is 1. The summed E-state index contributed by atoms with van der Waals surface area (Å²) in [6.45, 7) is 6.24. The Labute approximate surface area is 89.6 Å². The molecule has 3 N–H and O–H groups in total. The van der Waals surface area contributed by atoms with Gasteiger partial charge in [-0.05, 0) is 6.54 Å². The maximum atomic E-state index is 10.4. The van der Waals surface area contributed by atoms with Gasteiger partial charge in [0.15, 0.2) is 0 Å². The summed E-state index contributed by atoms with van der Waals surface area (Å²) in [5.41, 5.74) is 7.59. The number of rotatable bonds is 6. The van der Waals surface area contributed by atoms with E-state index in [0.717, 1.165) is 26.2 Å². The van der Waals surface area contributed by atoms with Crippen molar-refractivity contribution in [2.45, 2.75) is 13.0 Å². The minimum absolute atomic E-state index is 0.107. The Bertz CT molecular complexity index is 201. The Kier molecular flexibility index (Phi) is 5.56. The van der Waals surface area contributed by atoms with Gasteiger partial charge in [-0.25, -0.2) is 0 Å². The van der Waals surface area contributed by atoms with Gasteiger partial charge >= 0.3 is 0 Å². The number of amides is 1. The van der Waals surface area contributed by atoms with Crippen molar-refractivity contribution < 1.29 is 14.4 Å². The smallest absolute Gasteiger partial charge is 0.245 e. The van der Waals surface area contributed by atoms with Gasteiger partial charge in [0.25, 0.3) is 0 Å². The van der Waals surface area contributed by atoms with E-state index in [4.69, 9.17) is 15.3 Å². The molecule has 1 amide bonds. The molecule has 1 aliphatic rings. The van der Waals surface area contributed by atoms with E-state index in [1.54, 1.807) is 0 Å². The second-order valence-electron chi connectivity index (χ2n) is 3.49. The molecule has 0 aromatic heterocycles. The zero-order valence-corrected chi connectivity index (χ0v) is 9.07. The summed E-state index contributed by atoms with van der Waals surface area (Å²) < 4.78 is 5.52. The molecule has 88 valence electrons. The Balaban J connectivity index is 2.07. The number of likely N-dealkylation sites (N-methyl/N-ethyl adjacent to an activating group) is 1. The Morgan fingerprint density at radius 2 is 2.53 bits per heavy atom. The van der Waals surface area contributed by atoms with E-state index in [0.29, 0.717) is 6.54 Å². The van der Waals surface area contributed by atoms with Crippen LogP contribution in [-0.2, 0) is 14.4 Å². The number of primary amides is 1. The van der Waals surface area contributed by atoms with Crippen molar-refractivity contribution in [3.63, 3.8) is 0 Å². The van der Waals surface area contributed by atoms with Crippen molar-refractivity contribution in [1.82, 2.24) is 10.4 Å². The maximum absolute atomic E-state index is 10.4. The molecule has 1 saturated heterocycles. The summed E-state index contributed by atoms with van der Waals surface area (Å²) in [7, 11) is 0. The van der Waals surface area contributed by atoms with Gasteiger partial charge in [-0.15, -0.1) is 0 Å². The van der Waals surface area contributed by atoms with E-state index in [1.807, 2.05) is 0 Å². The predicted molar refractivity (Wildman–Crippen MR) is 55.0 cm³/mol. The molecule has 1 aliphatic heterocycles. The largest absolute Gasteiger partial charge is 0.374 e. The van der Waals surface area contributed by atoms with Gasteiger partial charge in [-0.2, -0.15) is 5.48 Å². The number of hydrogen-bond acceptors (Lipinski definition) is 5. The lowest BCUT2D eigenvalue weighted by Gasteiger charge is -2.31. The van der Waals surface area contributed by atoms with Gasteiger partial charge < -0.3 is 10.5 Å². The topological polar surface area (TPSA) is 76.8 Å². The third-order valence-electron chi connectivity index (χ3n) is 2.30. The summed E-state index contributed by atoms with van der Waals surface area (Å²) >= 11 is 0.